The number of esters is 1. The van der Waals surface area contributed by atoms with Crippen molar-refractivity contribution in [1.29, 1.82) is 0 Å². The zero-order valence-corrected chi connectivity index (χ0v) is 16.9. The van der Waals surface area contributed by atoms with Crippen molar-refractivity contribution in [3.63, 3.8) is 0 Å². The molecule has 0 radical (unpaired) electrons. The zero-order chi connectivity index (χ0) is 21.1. The van der Waals surface area contributed by atoms with Gasteiger partial charge in [-0.15, -0.1) is 0 Å². The van der Waals surface area contributed by atoms with Crippen molar-refractivity contribution in [1.82, 2.24) is 15.1 Å². The highest BCUT2D eigenvalue weighted by molar-refractivity contribution is 6.09. The number of likely N-dealkylation sites (tertiary alicyclic amines) is 1. The number of ether oxygens (including phenoxy) is 1. The summed E-state index contributed by atoms with van der Waals surface area (Å²) in [4.78, 5) is 41.7. The summed E-state index contributed by atoms with van der Waals surface area (Å²) in [5, 5.41) is 2.96. The van der Waals surface area contributed by atoms with E-state index in [1.165, 1.54) is 12.0 Å². The summed E-state index contributed by atoms with van der Waals surface area (Å²) in [6, 6.07) is 18.2. The van der Waals surface area contributed by atoms with Crippen LogP contribution in [-0.2, 0) is 19.9 Å². The molecule has 2 fully saturated rings. The lowest BCUT2D eigenvalue weighted by molar-refractivity contribution is -0.147. The molecule has 30 heavy (non-hydrogen) atoms. The first-order chi connectivity index (χ1) is 14.6. The number of hydrogen-bond acceptors (Lipinski definition) is 5. The molecule has 7 nitrogen and oxygen atoms in total. The standard InChI is InChI=1S/C23H25N3O4/c1-30-20(27)17-12-14-25(15-13-17)16-26-21(28)23(24-22(26)29,18-8-4-2-5-9-18)19-10-6-3-7-11-19/h2-11,17H,12-16H2,1H3,(H,24,29). The van der Waals surface area contributed by atoms with Gasteiger partial charge in [0.15, 0.2) is 5.54 Å². The topological polar surface area (TPSA) is 79.0 Å². The highest BCUT2D eigenvalue weighted by Crippen LogP contribution is 2.36. The molecule has 2 aliphatic heterocycles. The number of carbonyl (C=O) groups excluding carboxylic acids is 3. The molecule has 0 saturated carbocycles. The first-order valence-corrected chi connectivity index (χ1v) is 10.1. The molecule has 2 aromatic carbocycles. The number of urea groups is 1. The van der Waals surface area contributed by atoms with Gasteiger partial charge in [0.2, 0.25) is 0 Å². The van der Waals surface area contributed by atoms with Gasteiger partial charge in [0.05, 0.1) is 19.7 Å². The molecule has 0 spiro atoms. The van der Waals surface area contributed by atoms with Crippen LogP contribution in [0.1, 0.15) is 24.0 Å². The fourth-order valence-corrected chi connectivity index (χ4v) is 4.32. The SMILES string of the molecule is COC(=O)C1CCN(CN2C(=O)NC(c3ccccc3)(c3ccccc3)C2=O)CC1. The number of carbonyl (C=O) groups is 3. The van der Waals surface area contributed by atoms with E-state index >= 15 is 0 Å². The molecule has 4 rings (SSSR count). The zero-order valence-electron chi connectivity index (χ0n) is 16.9. The van der Waals surface area contributed by atoms with Crippen LogP contribution in [0.4, 0.5) is 4.79 Å². The van der Waals surface area contributed by atoms with Crippen molar-refractivity contribution in [2.24, 2.45) is 5.92 Å². The van der Waals surface area contributed by atoms with Gasteiger partial charge in [0, 0.05) is 13.1 Å². The normalized spacial score (nSPS) is 19.6. The highest BCUT2D eigenvalue weighted by atomic mass is 16.5. The number of nitrogens with zero attached hydrogens (tertiary/aromatic N) is 2. The summed E-state index contributed by atoms with van der Waals surface area (Å²) >= 11 is 0. The van der Waals surface area contributed by atoms with Crippen LogP contribution < -0.4 is 5.32 Å². The Labute approximate surface area is 175 Å². The van der Waals surface area contributed by atoms with Crippen LogP contribution in [0, 0.1) is 5.92 Å². The predicted molar refractivity (Wildman–Crippen MR) is 110 cm³/mol. The fraction of sp³-hybridized carbons (Fsp3) is 0.348. The van der Waals surface area contributed by atoms with Gasteiger partial charge in [-0.2, -0.15) is 0 Å². The van der Waals surface area contributed by atoms with E-state index in [1.54, 1.807) is 0 Å². The Bertz CT molecular complexity index is 884. The van der Waals surface area contributed by atoms with Gasteiger partial charge >= 0.3 is 12.0 Å². The number of piperidine rings is 1. The van der Waals surface area contributed by atoms with Crippen LogP contribution in [-0.4, -0.2) is 54.6 Å². The first-order valence-electron chi connectivity index (χ1n) is 10.1. The van der Waals surface area contributed by atoms with Crippen molar-refractivity contribution in [3.05, 3.63) is 71.8 Å². The molecule has 2 heterocycles. The second kappa shape index (κ2) is 8.28. The van der Waals surface area contributed by atoms with Gasteiger partial charge < -0.3 is 10.1 Å². The van der Waals surface area contributed by atoms with Crippen LogP contribution in [0.15, 0.2) is 60.7 Å². The Morgan fingerprint density at radius 3 is 2.03 bits per heavy atom. The molecular weight excluding hydrogens is 382 g/mol. The number of rotatable bonds is 5. The molecule has 2 saturated heterocycles. The highest BCUT2D eigenvalue weighted by Gasteiger charge is 2.54. The van der Waals surface area contributed by atoms with E-state index in [1.807, 2.05) is 65.6 Å². The first kappa shape index (κ1) is 20.1. The van der Waals surface area contributed by atoms with Crippen molar-refractivity contribution in [2.45, 2.75) is 18.4 Å². The van der Waals surface area contributed by atoms with Gasteiger partial charge in [-0.1, -0.05) is 60.7 Å². The van der Waals surface area contributed by atoms with E-state index in [0.717, 1.165) is 11.1 Å². The third-order valence-corrected chi connectivity index (χ3v) is 5.98. The summed E-state index contributed by atoms with van der Waals surface area (Å²) in [6.07, 6.45) is 1.30. The number of methoxy groups -OCH3 is 1. The molecule has 2 aromatic rings. The van der Waals surface area contributed by atoms with Crippen LogP contribution in [0.3, 0.4) is 0 Å². The Morgan fingerprint density at radius 2 is 1.53 bits per heavy atom. The number of nitrogens with one attached hydrogen (secondary N) is 1. The lowest BCUT2D eigenvalue weighted by atomic mass is 9.83. The fourth-order valence-electron chi connectivity index (χ4n) is 4.32. The van der Waals surface area contributed by atoms with Crippen LogP contribution in [0.5, 0.6) is 0 Å². The molecule has 3 amide bonds. The van der Waals surface area contributed by atoms with Gasteiger partial charge in [-0.3, -0.25) is 14.5 Å². The van der Waals surface area contributed by atoms with Crippen LogP contribution in [0.25, 0.3) is 0 Å². The molecule has 1 N–H and O–H groups in total. The van der Waals surface area contributed by atoms with Crippen LogP contribution in [0.2, 0.25) is 0 Å². The molecular formula is C23H25N3O4. The molecule has 0 bridgehead atoms. The maximum absolute atomic E-state index is 13.7. The number of benzene rings is 2. The maximum atomic E-state index is 13.7. The average Bonchev–Trinajstić information content (AvgIpc) is 3.06. The minimum atomic E-state index is -1.25. The van der Waals surface area contributed by atoms with E-state index in [4.69, 9.17) is 4.74 Å². The average molecular weight is 407 g/mol. The lowest BCUT2D eigenvalue weighted by Crippen LogP contribution is -2.48. The predicted octanol–water partition coefficient (Wildman–Crippen LogP) is 2.32. The van der Waals surface area contributed by atoms with Gasteiger partial charge in [0.1, 0.15) is 0 Å². The second-order valence-electron chi connectivity index (χ2n) is 7.70. The lowest BCUT2D eigenvalue weighted by Gasteiger charge is -2.33. The Hall–Kier alpha value is -3.19. The quantitative estimate of drug-likeness (QED) is 0.608. The molecule has 0 unspecified atom stereocenters. The van der Waals surface area contributed by atoms with Crippen molar-refractivity contribution < 1.29 is 19.1 Å². The van der Waals surface area contributed by atoms with E-state index < -0.39 is 11.6 Å². The Balaban J connectivity index is 1.58. The Kier molecular flexibility index (Phi) is 5.55. The molecule has 7 heteroatoms. The number of amides is 3. The van der Waals surface area contributed by atoms with Gasteiger partial charge in [0.25, 0.3) is 5.91 Å². The van der Waals surface area contributed by atoms with E-state index in [0.29, 0.717) is 25.9 Å². The summed E-state index contributed by atoms with van der Waals surface area (Å²) in [5.41, 5.74) is 0.201. The minimum Gasteiger partial charge on any atom is -0.469 e. The molecule has 0 atom stereocenters. The summed E-state index contributed by atoms with van der Waals surface area (Å²) in [7, 11) is 1.40. The van der Waals surface area contributed by atoms with E-state index in [-0.39, 0.29) is 24.5 Å². The molecule has 2 aliphatic rings. The number of imide groups is 1. The van der Waals surface area contributed by atoms with Crippen molar-refractivity contribution >= 4 is 17.9 Å². The van der Waals surface area contributed by atoms with E-state index in [9.17, 15) is 14.4 Å². The third-order valence-electron chi connectivity index (χ3n) is 5.98. The maximum Gasteiger partial charge on any atom is 0.326 e. The summed E-state index contributed by atoms with van der Waals surface area (Å²) in [5.74, 6) is -0.612. The minimum absolute atomic E-state index is 0.123. The monoisotopic (exact) mass is 407 g/mol. The smallest absolute Gasteiger partial charge is 0.326 e. The van der Waals surface area contributed by atoms with Crippen LogP contribution >= 0.6 is 0 Å². The number of hydrogen-bond donors (Lipinski definition) is 1. The van der Waals surface area contributed by atoms with Crippen molar-refractivity contribution in [3.8, 4) is 0 Å². The van der Waals surface area contributed by atoms with Gasteiger partial charge in [-0.25, -0.2) is 9.69 Å². The molecule has 0 aliphatic carbocycles. The molecule has 156 valence electrons. The van der Waals surface area contributed by atoms with Gasteiger partial charge in [-0.05, 0) is 24.0 Å². The Morgan fingerprint density at radius 1 is 1.00 bits per heavy atom. The molecule has 0 aromatic heterocycles. The van der Waals surface area contributed by atoms with Crippen molar-refractivity contribution in [2.75, 3.05) is 26.9 Å². The largest absolute Gasteiger partial charge is 0.469 e. The summed E-state index contributed by atoms with van der Waals surface area (Å²) < 4.78 is 4.83. The third kappa shape index (κ3) is 3.45. The second-order valence-corrected chi connectivity index (χ2v) is 7.70. The summed E-state index contributed by atoms with van der Waals surface area (Å²) in [6.45, 7) is 1.45. The van der Waals surface area contributed by atoms with E-state index in [2.05, 4.69) is 5.32 Å².